The van der Waals surface area contributed by atoms with Crippen molar-refractivity contribution in [3.8, 4) is 5.75 Å². The van der Waals surface area contributed by atoms with Crippen molar-refractivity contribution < 1.29 is 14.6 Å². The van der Waals surface area contributed by atoms with E-state index in [9.17, 15) is 9.90 Å². The maximum atomic E-state index is 11.9. The fraction of sp³-hybridized carbons (Fsp3) is 0.533. The highest BCUT2D eigenvalue weighted by Crippen LogP contribution is 2.26. The lowest BCUT2D eigenvalue weighted by atomic mass is 10.1. The van der Waals surface area contributed by atoms with Crippen LogP contribution in [0, 0.1) is 6.92 Å². The van der Waals surface area contributed by atoms with Gasteiger partial charge in [0.25, 0.3) is 5.91 Å². The summed E-state index contributed by atoms with van der Waals surface area (Å²) in [5.41, 5.74) is 1.73. The van der Waals surface area contributed by atoms with Crippen LogP contribution in [0.2, 0.25) is 0 Å². The second kappa shape index (κ2) is 6.57. The second-order valence-electron chi connectivity index (χ2n) is 5.10. The van der Waals surface area contributed by atoms with Crippen molar-refractivity contribution in [2.24, 2.45) is 0 Å². The van der Waals surface area contributed by atoms with E-state index in [0.717, 1.165) is 5.56 Å². The smallest absolute Gasteiger partial charge is 0.260 e. The molecule has 1 aromatic carbocycles. The number of benzene rings is 1. The minimum Gasteiger partial charge on any atom is -0.483 e. The molecule has 1 rings (SSSR count). The number of aliphatic hydroxyl groups is 1. The van der Waals surface area contributed by atoms with Crippen molar-refractivity contribution in [2.45, 2.75) is 39.8 Å². The average Bonchev–Trinajstić information content (AvgIpc) is 2.34. The highest BCUT2D eigenvalue weighted by molar-refractivity contribution is 5.77. The van der Waals surface area contributed by atoms with Gasteiger partial charge in [0.05, 0.1) is 6.10 Å². The molecule has 0 fully saturated rings. The van der Waals surface area contributed by atoms with Crippen molar-refractivity contribution in [3.63, 3.8) is 0 Å². The number of likely N-dealkylation sites (N-methyl/N-ethyl adjacent to an activating group) is 1. The maximum absolute atomic E-state index is 11.9. The molecular weight excluding hydrogens is 242 g/mol. The predicted octanol–water partition coefficient (Wildman–Crippen LogP) is 2.29. The van der Waals surface area contributed by atoms with Gasteiger partial charge in [0.1, 0.15) is 5.75 Å². The summed E-state index contributed by atoms with van der Waals surface area (Å²) >= 11 is 0. The Balaban J connectivity index is 2.77. The molecule has 4 heteroatoms. The minimum absolute atomic E-state index is 0.0160. The van der Waals surface area contributed by atoms with Crippen molar-refractivity contribution in [1.82, 2.24) is 4.90 Å². The van der Waals surface area contributed by atoms with E-state index >= 15 is 0 Å². The molecule has 1 N–H and O–H groups in total. The first-order valence-corrected chi connectivity index (χ1v) is 6.50. The van der Waals surface area contributed by atoms with Gasteiger partial charge in [0, 0.05) is 18.7 Å². The molecule has 0 bridgehead atoms. The number of ether oxygens (including phenoxy) is 1. The van der Waals surface area contributed by atoms with Crippen LogP contribution in [0.1, 0.15) is 38.0 Å². The van der Waals surface area contributed by atoms with E-state index in [1.807, 2.05) is 39.0 Å². The Kier molecular flexibility index (Phi) is 5.36. The highest BCUT2D eigenvalue weighted by Gasteiger charge is 2.15. The zero-order chi connectivity index (χ0) is 14.6. The summed E-state index contributed by atoms with van der Waals surface area (Å²) in [6, 6.07) is 5.72. The molecule has 0 aromatic heterocycles. The SMILES string of the molecule is Cc1ccc([C@H](C)O)c(OCC(=O)N(C)C(C)C)c1. The van der Waals surface area contributed by atoms with Gasteiger partial charge < -0.3 is 14.7 Å². The predicted molar refractivity (Wildman–Crippen MR) is 75.2 cm³/mol. The van der Waals surface area contributed by atoms with E-state index in [2.05, 4.69) is 0 Å². The quantitative estimate of drug-likeness (QED) is 0.888. The largest absolute Gasteiger partial charge is 0.483 e. The number of hydrogen-bond donors (Lipinski definition) is 1. The Morgan fingerprint density at radius 2 is 2.00 bits per heavy atom. The van der Waals surface area contributed by atoms with Gasteiger partial charge in [-0.3, -0.25) is 4.79 Å². The number of rotatable bonds is 5. The molecule has 0 aliphatic carbocycles. The van der Waals surface area contributed by atoms with Crippen molar-refractivity contribution in [1.29, 1.82) is 0 Å². The summed E-state index contributed by atoms with van der Waals surface area (Å²) in [4.78, 5) is 13.5. The number of aliphatic hydroxyl groups excluding tert-OH is 1. The monoisotopic (exact) mass is 265 g/mol. The lowest BCUT2D eigenvalue weighted by Crippen LogP contribution is -2.36. The third-order valence-corrected chi connectivity index (χ3v) is 3.14. The Labute approximate surface area is 115 Å². The first-order chi connectivity index (χ1) is 8.82. The summed E-state index contributed by atoms with van der Waals surface area (Å²) < 4.78 is 5.56. The topological polar surface area (TPSA) is 49.8 Å². The van der Waals surface area contributed by atoms with Crippen molar-refractivity contribution in [3.05, 3.63) is 29.3 Å². The van der Waals surface area contributed by atoms with Crippen LogP contribution in [0.3, 0.4) is 0 Å². The standard InChI is InChI=1S/C15H23NO3/c1-10(2)16(5)15(18)9-19-14-8-11(3)6-7-13(14)12(4)17/h6-8,10,12,17H,9H2,1-5H3/t12-/m0/s1. The van der Waals surface area contributed by atoms with Crippen LogP contribution < -0.4 is 4.74 Å². The molecule has 0 radical (unpaired) electrons. The van der Waals surface area contributed by atoms with Gasteiger partial charge >= 0.3 is 0 Å². The van der Waals surface area contributed by atoms with E-state index in [-0.39, 0.29) is 18.6 Å². The number of nitrogens with zero attached hydrogens (tertiary/aromatic N) is 1. The molecule has 0 saturated carbocycles. The molecule has 106 valence electrons. The summed E-state index contributed by atoms with van der Waals surface area (Å²) in [6.07, 6.45) is -0.617. The molecule has 0 saturated heterocycles. The Bertz CT molecular complexity index is 441. The highest BCUT2D eigenvalue weighted by atomic mass is 16.5. The van der Waals surface area contributed by atoms with Crippen LogP contribution in [0.5, 0.6) is 5.75 Å². The first-order valence-electron chi connectivity index (χ1n) is 6.50. The van der Waals surface area contributed by atoms with Gasteiger partial charge in [-0.05, 0) is 39.3 Å². The normalized spacial score (nSPS) is 12.4. The molecule has 1 atom stereocenters. The maximum Gasteiger partial charge on any atom is 0.260 e. The molecule has 1 aromatic rings. The van der Waals surface area contributed by atoms with Gasteiger partial charge in [0.15, 0.2) is 6.61 Å². The van der Waals surface area contributed by atoms with Gasteiger partial charge in [-0.2, -0.15) is 0 Å². The Hall–Kier alpha value is -1.55. The molecule has 0 aliphatic rings. The van der Waals surface area contributed by atoms with Crippen LogP contribution in [0.15, 0.2) is 18.2 Å². The molecule has 1 amide bonds. The zero-order valence-electron chi connectivity index (χ0n) is 12.3. The first kappa shape index (κ1) is 15.5. The number of hydrogen-bond acceptors (Lipinski definition) is 3. The van der Waals surface area contributed by atoms with E-state index in [4.69, 9.17) is 4.74 Å². The summed E-state index contributed by atoms with van der Waals surface area (Å²) in [6.45, 7) is 7.51. The molecule has 0 spiro atoms. The van der Waals surface area contributed by atoms with Gasteiger partial charge in [-0.25, -0.2) is 0 Å². The van der Waals surface area contributed by atoms with E-state index in [0.29, 0.717) is 11.3 Å². The summed E-state index contributed by atoms with van der Waals surface area (Å²) in [5.74, 6) is 0.494. The Morgan fingerprint density at radius 1 is 1.37 bits per heavy atom. The molecule has 0 unspecified atom stereocenters. The van der Waals surface area contributed by atoms with Crippen LogP contribution in [0.25, 0.3) is 0 Å². The van der Waals surface area contributed by atoms with Crippen molar-refractivity contribution in [2.75, 3.05) is 13.7 Å². The number of amides is 1. The van der Waals surface area contributed by atoms with Crippen LogP contribution >= 0.6 is 0 Å². The minimum atomic E-state index is -0.617. The third-order valence-electron chi connectivity index (χ3n) is 3.14. The number of aryl methyl sites for hydroxylation is 1. The van der Waals surface area contributed by atoms with Crippen LogP contribution in [0.4, 0.5) is 0 Å². The molecule has 19 heavy (non-hydrogen) atoms. The molecule has 4 nitrogen and oxygen atoms in total. The lowest BCUT2D eigenvalue weighted by molar-refractivity contribution is -0.133. The Morgan fingerprint density at radius 3 is 2.53 bits per heavy atom. The summed E-state index contributed by atoms with van der Waals surface area (Å²) in [5, 5.41) is 9.68. The zero-order valence-corrected chi connectivity index (χ0v) is 12.3. The van der Waals surface area contributed by atoms with Gasteiger partial charge in [-0.1, -0.05) is 12.1 Å². The lowest BCUT2D eigenvalue weighted by Gasteiger charge is -2.22. The van der Waals surface area contributed by atoms with Crippen LogP contribution in [-0.2, 0) is 4.79 Å². The number of carbonyl (C=O) groups excluding carboxylic acids is 1. The van der Waals surface area contributed by atoms with Gasteiger partial charge in [-0.15, -0.1) is 0 Å². The number of carbonyl (C=O) groups is 1. The molecule has 0 aliphatic heterocycles. The van der Waals surface area contributed by atoms with Gasteiger partial charge in [0.2, 0.25) is 0 Å². The molecule has 0 heterocycles. The molecular formula is C15H23NO3. The van der Waals surface area contributed by atoms with E-state index < -0.39 is 6.10 Å². The van der Waals surface area contributed by atoms with Crippen molar-refractivity contribution >= 4 is 5.91 Å². The summed E-state index contributed by atoms with van der Waals surface area (Å²) in [7, 11) is 1.75. The van der Waals surface area contributed by atoms with Crippen LogP contribution in [-0.4, -0.2) is 35.6 Å². The van der Waals surface area contributed by atoms with E-state index in [1.54, 1.807) is 18.9 Å². The third kappa shape index (κ3) is 4.24. The van der Waals surface area contributed by atoms with E-state index in [1.165, 1.54) is 0 Å². The fourth-order valence-electron chi connectivity index (χ4n) is 1.64. The second-order valence-corrected chi connectivity index (χ2v) is 5.10. The average molecular weight is 265 g/mol. The fourth-order valence-corrected chi connectivity index (χ4v) is 1.64.